The van der Waals surface area contributed by atoms with Crippen LogP contribution < -0.4 is 5.73 Å². The molecule has 0 aromatic carbocycles. The van der Waals surface area contributed by atoms with Crippen LogP contribution in [-0.2, 0) is 16.0 Å². The van der Waals surface area contributed by atoms with Gasteiger partial charge in [-0.3, -0.25) is 9.78 Å². The first-order valence-corrected chi connectivity index (χ1v) is 4.48. The summed E-state index contributed by atoms with van der Waals surface area (Å²) in [7, 11) is 0. The maximum absolute atomic E-state index is 11.2. The molecule has 78 valence electrons. The van der Waals surface area contributed by atoms with E-state index in [1.54, 1.807) is 6.92 Å². The highest BCUT2D eigenvalue weighted by molar-refractivity contribution is 5.75. The van der Waals surface area contributed by atoms with Crippen molar-refractivity contribution in [3.05, 3.63) is 23.5 Å². The van der Waals surface area contributed by atoms with E-state index in [1.807, 2.05) is 6.07 Å². The molecule has 1 rings (SSSR count). The number of ether oxygens (including phenoxy) is 1. The van der Waals surface area contributed by atoms with Gasteiger partial charge in [-0.25, -0.2) is 0 Å². The van der Waals surface area contributed by atoms with E-state index in [-0.39, 0.29) is 12.1 Å². The van der Waals surface area contributed by atoms with Crippen molar-refractivity contribution in [1.82, 2.24) is 4.98 Å². The van der Waals surface area contributed by atoms with Crippen molar-refractivity contribution in [3.8, 4) is 6.07 Å². The molecule has 15 heavy (non-hydrogen) atoms. The summed E-state index contributed by atoms with van der Waals surface area (Å²) in [4.78, 5) is 15.1. The molecule has 0 spiro atoms. The minimum atomic E-state index is -0.396. The van der Waals surface area contributed by atoms with Gasteiger partial charge in [-0.2, -0.15) is 5.26 Å². The van der Waals surface area contributed by atoms with Gasteiger partial charge in [-0.15, -0.1) is 0 Å². The van der Waals surface area contributed by atoms with Crippen molar-refractivity contribution in [2.45, 2.75) is 13.3 Å². The predicted octanol–water partition coefficient (Wildman–Crippen LogP) is 0.641. The third-order valence-electron chi connectivity index (χ3n) is 1.81. The SMILES string of the molecule is CCOC(=O)Cc1nccc(C#N)c1N. The number of hydrogen-bond donors (Lipinski definition) is 1. The van der Waals surface area contributed by atoms with Gasteiger partial charge >= 0.3 is 5.97 Å². The number of carbonyl (C=O) groups excluding carboxylic acids is 1. The molecule has 0 unspecified atom stereocenters. The van der Waals surface area contributed by atoms with Crippen LogP contribution in [0.25, 0.3) is 0 Å². The number of esters is 1. The summed E-state index contributed by atoms with van der Waals surface area (Å²) in [6.45, 7) is 2.04. The van der Waals surface area contributed by atoms with Crippen molar-refractivity contribution in [2.24, 2.45) is 0 Å². The van der Waals surface area contributed by atoms with Crippen LogP contribution >= 0.6 is 0 Å². The highest BCUT2D eigenvalue weighted by Gasteiger charge is 2.10. The molecule has 0 radical (unpaired) electrons. The van der Waals surface area contributed by atoms with Crippen LogP contribution in [0.1, 0.15) is 18.2 Å². The van der Waals surface area contributed by atoms with E-state index >= 15 is 0 Å². The second-order valence-corrected chi connectivity index (χ2v) is 2.81. The number of nitrogens with zero attached hydrogens (tertiary/aromatic N) is 2. The molecule has 1 heterocycles. The lowest BCUT2D eigenvalue weighted by Gasteiger charge is -2.05. The molecule has 2 N–H and O–H groups in total. The third kappa shape index (κ3) is 2.68. The van der Waals surface area contributed by atoms with Gasteiger partial charge < -0.3 is 10.5 Å². The van der Waals surface area contributed by atoms with E-state index in [0.717, 1.165) is 0 Å². The van der Waals surface area contributed by atoms with Gasteiger partial charge in [0.25, 0.3) is 0 Å². The number of nitrogen functional groups attached to an aromatic ring is 1. The van der Waals surface area contributed by atoms with Gasteiger partial charge in [-0.1, -0.05) is 0 Å². The number of nitrogens with two attached hydrogens (primary N) is 1. The molecule has 1 aromatic heterocycles. The van der Waals surface area contributed by atoms with Gasteiger partial charge in [0.2, 0.25) is 0 Å². The van der Waals surface area contributed by atoms with E-state index in [0.29, 0.717) is 17.9 Å². The Morgan fingerprint density at radius 1 is 1.73 bits per heavy atom. The van der Waals surface area contributed by atoms with E-state index in [9.17, 15) is 4.79 Å². The summed E-state index contributed by atoms with van der Waals surface area (Å²) in [5.74, 6) is -0.396. The summed E-state index contributed by atoms with van der Waals surface area (Å²) < 4.78 is 4.76. The molecule has 0 saturated carbocycles. The molecule has 0 bridgehead atoms. The van der Waals surface area contributed by atoms with Gasteiger partial charge in [0, 0.05) is 6.20 Å². The van der Waals surface area contributed by atoms with Crippen LogP contribution in [-0.4, -0.2) is 17.6 Å². The second kappa shape index (κ2) is 4.96. The molecular weight excluding hydrogens is 194 g/mol. The zero-order valence-electron chi connectivity index (χ0n) is 8.36. The minimum absolute atomic E-state index is 0.00477. The Hall–Kier alpha value is -2.09. The standard InChI is InChI=1S/C10H11N3O2/c1-2-15-9(14)5-8-10(12)7(6-11)3-4-13-8/h3-4H,2,5,12H2,1H3. The fourth-order valence-electron chi connectivity index (χ4n) is 1.10. The number of anilines is 1. The van der Waals surface area contributed by atoms with Crippen molar-refractivity contribution >= 4 is 11.7 Å². The van der Waals surface area contributed by atoms with Crippen LogP contribution in [0.4, 0.5) is 5.69 Å². The number of hydrogen-bond acceptors (Lipinski definition) is 5. The second-order valence-electron chi connectivity index (χ2n) is 2.81. The summed E-state index contributed by atoms with van der Waals surface area (Å²) >= 11 is 0. The molecule has 5 heteroatoms. The van der Waals surface area contributed by atoms with Crippen LogP contribution in [0.5, 0.6) is 0 Å². The molecule has 0 fully saturated rings. The summed E-state index contributed by atoms with van der Waals surface area (Å²) in [6, 6.07) is 3.43. The van der Waals surface area contributed by atoms with E-state index in [4.69, 9.17) is 15.7 Å². The average molecular weight is 205 g/mol. The summed E-state index contributed by atoms with van der Waals surface area (Å²) in [5, 5.41) is 8.71. The normalized spacial score (nSPS) is 9.33. The Balaban J connectivity index is 2.87. The molecule has 0 saturated heterocycles. The van der Waals surface area contributed by atoms with Gasteiger partial charge in [0.15, 0.2) is 0 Å². The van der Waals surface area contributed by atoms with Crippen LogP contribution in [0, 0.1) is 11.3 Å². The highest BCUT2D eigenvalue weighted by Crippen LogP contribution is 2.14. The molecule has 0 aliphatic rings. The molecule has 1 aromatic rings. The smallest absolute Gasteiger partial charge is 0.311 e. The number of carbonyl (C=O) groups is 1. The summed E-state index contributed by atoms with van der Waals surface area (Å²) in [5.41, 5.74) is 6.59. The maximum atomic E-state index is 11.2. The lowest BCUT2D eigenvalue weighted by Crippen LogP contribution is -2.11. The fraction of sp³-hybridized carbons (Fsp3) is 0.300. The highest BCUT2D eigenvalue weighted by atomic mass is 16.5. The number of pyridine rings is 1. The molecule has 5 nitrogen and oxygen atoms in total. The van der Waals surface area contributed by atoms with Crippen LogP contribution in [0.3, 0.4) is 0 Å². The molecule has 0 atom stereocenters. The average Bonchev–Trinajstić information content (AvgIpc) is 2.21. The van der Waals surface area contributed by atoms with Crippen LogP contribution in [0.2, 0.25) is 0 Å². The zero-order valence-corrected chi connectivity index (χ0v) is 8.36. The van der Waals surface area contributed by atoms with Crippen LogP contribution in [0.15, 0.2) is 12.3 Å². The largest absolute Gasteiger partial charge is 0.466 e. The third-order valence-corrected chi connectivity index (χ3v) is 1.81. The lowest BCUT2D eigenvalue weighted by atomic mass is 10.1. The Bertz CT molecular complexity index is 410. The first-order chi connectivity index (χ1) is 7.19. The van der Waals surface area contributed by atoms with Crippen molar-refractivity contribution in [1.29, 1.82) is 5.26 Å². The van der Waals surface area contributed by atoms with E-state index < -0.39 is 5.97 Å². The Labute approximate surface area is 87.5 Å². The maximum Gasteiger partial charge on any atom is 0.311 e. The number of nitriles is 1. The van der Waals surface area contributed by atoms with Crippen molar-refractivity contribution in [3.63, 3.8) is 0 Å². The number of rotatable bonds is 3. The Morgan fingerprint density at radius 3 is 3.07 bits per heavy atom. The molecule has 0 amide bonds. The number of aromatic nitrogens is 1. The zero-order chi connectivity index (χ0) is 11.3. The van der Waals surface area contributed by atoms with E-state index in [2.05, 4.69) is 4.98 Å². The van der Waals surface area contributed by atoms with Gasteiger partial charge in [0.1, 0.15) is 6.07 Å². The van der Waals surface area contributed by atoms with E-state index in [1.165, 1.54) is 12.3 Å². The molecule has 0 aliphatic carbocycles. The van der Waals surface area contributed by atoms with Crippen molar-refractivity contribution < 1.29 is 9.53 Å². The Kier molecular flexibility index (Phi) is 3.63. The summed E-state index contributed by atoms with van der Waals surface area (Å²) in [6.07, 6.45) is 1.44. The first-order valence-electron chi connectivity index (χ1n) is 4.48. The molecule has 0 aliphatic heterocycles. The quantitative estimate of drug-likeness (QED) is 0.731. The minimum Gasteiger partial charge on any atom is -0.466 e. The first kappa shape index (κ1) is 11.0. The van der Waals surface area contributed by atoms with Gasteiger partial charge in [-0.05, 0) is 13.0 Å². The fourth-order valence-corrected chi connectivity index (χ4v) is 1.10. The topological polar surface area (TPSA) is 89.0 Å². The lowest BCUT2D eigenvalue weighted by molar-refractivity contribution is -0.142. The van der Waals surface area contributed by atoms with Gasteiger partial charge in [0.05, 0.1) is 30.0 Å². The molecular formula is C10H11N3O2. The predicted molar refractivity (Wildman–Crippen MR) is 53.7 cm³/mol. The Morgan fingerprint density at radius 2 is 2.47 bits per heavy atom. The monoisotopic (exact) mass is 205 g/mol. The van der Waals surface area contributed by atoms with Crippen molar-refractivity contribution in [2.75, 3.05) is 12.3 Å².